The van der Waals surface area contributed by atoms with Crippen molar-refractivity contribution in [1.29, 1.82) is 5.41 Å². The van der Waals surface area contributed by atoms with E-state index >= 15 is 0 Å². The van der Waals surface area contributed by atoms with Gasteiger partial charge in [-0.2, -0.15) is 0 Å². The first-order valence-electron chi connectivity index (χ1n) is 9.62. The summed E-state index contributed by atoms with van der Waals surface area (Å²) in [6.07, 6.45) is 3.56. The molecule has 0 aliphatic carbocycles. The molecule has 4 N–H and O–H groups in total. The molecular formula is C22H28ClN3O5. The highest BCUT2D eigenvalue weighted by Gasteiger charge is 2.25. The molecule has 0 fully saturated rings. The summed E-state index contributed by atoms with van der Waals surface area (Å²) in [6, 6.07) is 4.38. The van der Waals surface area contributed by atoms with Gasteiger partial charge in [0.15, 0.2) is 0 Å². The first-order chi connectivity index (χ1) is 14.5. The molecule has 9 heteroatoms. The SMILES string of the molecule is CCOC(=O)CC(C)(C)NC(=O)/C(C)=C/C(=C\C=N)NC(=O)Cc1cc(Cl)ccc1O. The van der Waals surface area contributed by atoms with Gasteiger partial charge >= 0.3 is 5.97 Å². The Morgan fingerprint density at radius 1 is 1.29 bits per heavy atom. The summed E-state index contributed by atoms with van der Waals surface area (Å²) in [5.74, 6) is -1.38. The minimum atomic E-state index is -0.836. The van der Waals surface area contributed by atoms with Crippen molar-refractivity contribution in [3.8, 4) is 5.75 Å². The van der Waals surface area contributed by atoms with Crippen LogP contribution in [-0.4, -0.2) is 41.3 Å². The average Bonchev–Trinajstić information content (AvgIpc) is 2.64. The lowest BCUT2D eigenvalue weighted by molar-refractivity contribution is -0.144. The zero-order valence-corrected chi connectivity index (χ0v) is 18.8. The van der Waals surface area contributed by atoms with Crippen molar-refractivity contribution in [2.45, 2.75) is 46.1 Å². The quantitative estimate of drug-likeness (QED) is 0.189. The van der Waals surface area contributed by atoms with E-state index in [-0.39, 0.29) is 36.5 Å². The standard InChI is InChI=1S/C22H28ClN3O5/c1-5-31-20(29)13-22(3,4)26-21(30)14(2)10-17(8-9-24)25-19(28)12-15-11-16(23)6-7-18(15)27/h6-11,24,27H,5,12-13H2,1-4H3,(H,25,28)(H,26,30)/b14-10+,17-8+,24-9?. The Bertz CT molecular complexity index is 906. The molecule has 0 saturated carbocycles. The Morgan fingerprint density at radius 3 is 2.58 bits per heavy atom. The number of phenolic OH excluding ortho intramolecular Hbond substituents is 1. The number of rotatable bonds is 10. The summed E-state index contributed by atoms with van der Waals surface area (Å²) in [5, 5.41) is 22.9. The summed E-state index contributed by atoms with van der Waals surface area (Å²) >= 11 is 5.89. The number of phenols is 1. The summed E-state index contributed by atoms with van der Waals surface area (Å²) in [6.45, 7) is 6.90. The maximum Gasteiger partial charge on any atom is 0.308 e. The monoisotopic (exact) mass is 449 g/mol. The molecule has 31 heavy (non-hydrogen) atoms. The number of benzene rings is 1. The molecular weight excluding hydrogens is 422 g/mol. The van der Waals surface area contributed by atoms with Crippen molar-refractivity contribution >= 4 is 35.6 Å². The smallest absolute Gasteiger partial charge is 0.308 e. The fourth-order valence-corrected chi connectivity index (χ4v) is 2.81. The van der Waals surface area contributed by atoms with Gasteiger partial charge < -0.3 is 25.9 Å². The highest BCUT2D eigenvalue weighted by atomic mass is 35.5. The molecule has 0 spiro atoms. The van der Waals surface area contributed by atoms with Crippen LogP contribution >= 0.6 is 11.6 Å². The molecule has 0 aliphatic rings. The van der Waals surface area contributed by atoms with Crippen LogP contribution in [0.25, 0.3) is 0 Å². The molecule has 0 bridgehead atoms. The maximum atomic E-state index is 12.5. The summed E-state index contributed by atoms with van der Waals surface area (Å²) in [5.41, 5.74) is -0.0105. The average molecular weight is 450 g/mol. The molecule has 2 amide bonds. The van der Waals surface area contributed by atoms with E-state index in [0.717, 1.165) is 6.21 Å². The van der Waals surface area contributed by atoms with Gasteiger partial charge in [0, 0.05) is 33.6 Å². The molecule has 168 valence electrons. The molecule has 1 rings (SSSR count). The van der Waals surface area contributed by atoms with Gasteiger partial charge in [0.25, 0.3) is 0 Å². The van der Waals surface area contributed by atoms with Gasteiger partial charge in [-0.25, -0.2) is 0 Å². The lowest BCUT2D eigenvalue weighted by Crippen LogP contribution is -2.45. The summed E-state index contributed by atoms with van der Waals surface area (Å²) in [4.78, 5) is 36.6. The number of hydrogen-bond acceptors (Lipinski definition) is 6. The van der Waals surface area contributed by atoms with Gasteiger partial charge in [-0.1, -0.05) is 11.6 Å². The number of esters is 1. The van der Waals surface area contributed by atoms with Gasteiger partial charge in [-0.3, -0.25) is 14.4 Å². The number of nitrogens with one attached hydrogen (secondary N) is 3. The van der Waals surface area contributed by atoms with E-state index in [1.54, 1.807) is 27.7 Å². The fourth-order valence-electron chi connectivity index (χ4n) is 2.61. The summed E-state index contributed by atoms with van der Waals surface area (Å²) < 4.78 is 4.91. The van der Waals surface area contributed by atoms with Crippen LogP contribution < -0.4 is 10.6 Å². The molecule has 0 aliphatic heterocycles. The molecule has 0 aromatic heterocycles. The predicted octanol–water partition coefficient (Wildman–Crippen LogP) is 3.03. The van der Waals surface area contributed by atoms with Crippen LogP contribution in [-0.2, 0) is 25.5 Å². The lowest BCUT2D eigenvalue weighted by Gasteiger charge is -2.25. The van der Waals surface area contributed by atoms with E-state index in [2.05, 4.69) is 10.6 Å². The number of amides is 2. The summed E-state index contributed by atoms with van der Waals surface area (Å²) in [7, 11) is 0. The third-order valence-electron chi connectivity index (χ3n) is 4.01. The van der Waals surface area contributed by atoms with Gasteiger partial charge in [-0.15, -0.1) is 0 Å². The second-order valence-corrected chi connectivity index (χ2v) is 7.87. The van der Waals surface area contributed by atoms with Crippen molar-refractivity contribution < 1.29 is 24.2 Å². The van der Waals surface area contributed by atoms with Crippen LogP contribution in [0.1, 0.15) is 39.7 Å². The third kappa shape index (κ3) is 9.48. The van der Waals surface area contributed by atoms with Gasteiger partial charge in [0.2, 0.25) is 11.8 Å². The number of carbonyl (C=O) groups is 3. The minimum absolute atomic E-state index is 0.00290. The number of ether oxygens (including phenoxy) is 1. The zero-order valence-electron chi connectivity index (χ0n) is 18.0. The third-order valence-corrected chi connectivity index (χ3v) is 4.25. The van der Waals surface area contributed by atoms with Gasteiger partial charge in [0.05, 0.1) is 19.4 Å². The molecule has 0 radical (unpaired) electrons. The Labute approximate surface area is 186 Å². The van der Waals surface area contributed by atoms with Crippen LogP contribution in [0.3, 0.4) is 0 Å². The number of allylic oxidation sites excluding steroid dienone is 2. The molecule has 1 aromatic rings. The molecule has 1 aromatic carbocycles. The molecule has 0 heterocycles. The molecule has 0 atom stereocenters. The largest absolute Gasteiger partial charge is 0.508 e. The van der Waals surface area contributed by atoms with Crippen LogP contribution in [0.2, 0.25) is 5.02 Å². The van der Waals surface area contributed by atoms with Crippen LogP contribution in [0, 0.1) is 5.41 Å². The van der Waals surface area contributed by atoms with Crippen molar-refractivity contribution in [3.63, 3.8) is 0 Å². The first kappa shape index (κ1) is 25.9. The maximum absolute atomic E-state index is 12.5. The van der Waals surface area contributed by atoms with Crippen molar-refractivity contribution in [2.75, 3.05) is 6.61 Å². The molecule has 8 nitrogen and oxygen atoms in total. The highest BCUT2D eigenvalue weighted by Crippen LogP contribution is 2.22. The van der Waals surface area contributed by atoms with Gasteiger partial charge in [0.1, 0.15) is 5.75 Å². The Balaban J connectivity index is 2.85. The van der Waals surface area contributed by atoms with Gasteiger partial charge in [-0.05, 0) is 58.0 Å². The zero-order chi connectivity index (χ0) is 23.6. The Kier molecular flexibility index (Phi) is 9.95. The highest BCUT2D eigenvalue weighted by molar-refractivity contribution is 6.30. The van der Waals surface area contributed by atoms with Crippen molar-refractivity contribution in [3.05, 3.63) is 52.2 Å². The second kappa shape index (κ2) is 11.9. The predicted molar refractivity (Wildman–Crippen MR) is 119 cm³/mol. The van der Waals surface area contributed by atoms with Crippen molar-refractivity contribution in [1.82, 2.24) is 10.6 Å². The number of carbonyl (C=O) groups excluding carboxylic acids is 3. The normalized spacial score (nSPS) is 12.2. The number of hydrogen-bond donors (Lipinski definition) is 4. The molecule has 0 saturated heterocycles. The Morgan fingerprint density at radius 2 is 1.97 bits per heavy atom. The molecule has 0 unspecified atom stereocenters. The van der Waals surface area contributed by atoms with E-state index < -0.39 is 23.3 Å². The van der Waals surface area contributed by atoms with E-state index in [1.807, 2.05) is 0 Å². The van der Waals surface area contributed by atoms with Crippen LogP contribution in [0.4, 0.5) is 0 Å². The van der Waals surface area contributed by atoms with E-state index in [0.29, 0.717) is 10.6 Å². The van der Waals surface area contributed by atoms with Crippen LogP contribution in [0.5, 0.6) is 5.75 Å². The second-order valence-electron chi connectivity index (χ2n) is 7.43. The topological polar surface area (TPSA) is 129 Å². The fraction of sp³-hybridized carbons (Fsp3) is 0.364. The first-order valence-corrected chi connectivity index (χ1v) is 9.99. The van der Waals surface area contributed by atoms with Crippen molar-refractivity contribution in [2.24, 2.45) is 0 Å². The Hall–Kier alpha value is -3.13. The number of halogens is 1. The van der Waals surface area contributed by atoms with Crippen LogP contribution in [0.15, 0.2) is 41.6 Å². The van der Waals surface area contributed by atoms with E-state index in [1.165, 1.54) is 30.4 Å². The van der Waals surface area contributed by atoms with E-state index in [4.69, 9.17) is 21.7 Å². The number of aromatic hydroxyl groups is 1. The lowest BCUT2D eigenvalue weighted by atomic mass is 10.00. The van der Waals surface area contributed by atoms with E-state index in [9.17, 15) is 19.5 Å². The minimum Gasteiger partial charge on any atom is -0.508 e.